The quantitative estimate of drug-likeness (QED) is 0.184. The Balaban J connectivity index is 2.29. The second-order valence-corrected chi connectivity index (χ2v) is 61.9. The molecule has 0 N–H and O–H groups in total. The molecule has 0 atom stereocenters. The molecule has 0 aliphatic carbocycles. The van der Waals surface area contributed by atoms with Crippen LogP contribution in [0, 0.1) is 0 Å². The molecule has 1 nitrogen and oxygen atoms in total. The summed E-state index contributed by atoms with van der Waals surface area (Å²) in [6, 6.07) is 5.69. The van der Waals surface area contributed by atoms with Crippen LogP contribution in [0.15, 0.2) is 19.3 Å². The molecule has 0 saturated carbocycles. The average Bonchev–Trinajstić information content (AvgIpc) is 3.50. The minimum Gasteiger partial charge on any atom is -0.456 e. The van der Waals surface area contributed by atoms with Gasteiger partial charge in [0, 0.05) is 0 Å². The third-order valence-corrected chi connectivity index (χ3v) is 52.4. The predicted octanol–water partition coefficient (Wildman–Crippen LogP) is 12.2. The monoisotopic (exact) mass is 698 g/mol. The van der Waals surface area contributed by atoms with Crippen LogP contribution in [0.2, 0.25) is 139 Å². The third kappa shape index (κ3) is 7.60. The molecular weight excluding hydrogens is 625 g/mol. The highest BCUT2D eigenvalue weighted by Gasteiger charge is 2.68. The van der Waals surface area contributed by atoms with E-state index in [-0.39, 0.29) is 0 Å². The van der Waals surface area contributed by atoms with E-state index in [1.165, 1.54) is 24.2 Å². The van der Waals surface area contributed by atoms with Crippen molar-refractivity contribution in [3.8, 4) is 0 Å². The van der Waals surface area contributed by atoms with Gasteiger partial charge in [0.2, 0.25) is 0 Å². The first-order valence-corrected chi connectivity index (χ1v) is 41.5. The summed E-state index contributed by atoms with van der Waals surface area (Å²) in [4.78, 5) is 8.37. The summed E-state index contributed by atoms with van der Waals surface area (Å²) < 4.78 is 7.51. The van der Waals surface area contributed by atoms with E-state index in [9.17, 15) is 0 Å². The molecule has 240 valence electrons. The zero-order valence-corrected chi connectivity index (χ0v) is 40.2. The van der Waals surface area contributed by atoms with Crippen LogP contribution in [-0.2, 0) is 4.12 Å². The van der Waals surface area contributed by atoms with Gasteiger partial charge in [-0.1, -0.05) is 151 Å². The van der Waals surface area contributed by atoms with Crippen molar-refractivity contribution < 1.29 is 4.12 Å². The summed E-state index contributed by atoms with van der Waals surface area (Å²) in [7, 11) is -11.9. The van der Waals surface area contributed by atoms with Gasteiger partial charge < -0.3 is 4.12 Å². The highest BCUT2D eigenvalue weighted by Crippen LogP contribution is 2.66. The number of hydrogen-bond donors (Lipinski definition) is 0. The van der Waals surface area contributed by atoms with Crippen molar-refractivity contribution in [3.05, 3.63) is 19.3 Å². The van der Waals surface area contributed by atoms with Gasteiger partial charge >= 0.3 is 0 Å². The fraction of sp³-hybridized carbons (Fsp3) is 0.875. The van der Waals surface area contributed by atoms with E-state index in [0.717, 1.165) is 0 Å². The van der Waals surface area contributed by atoms with E-state index in [1.54, 1.807) is 0 Å². The second-order valence-electron chi connectivity index (χ2n) is 21.4. The summed E-state index contributed by atoms with van der Waals surface area (Å²) in [5.74, 6) is 0. The van der Waals surface area contributed by atoms with Gasteiger partial charge in [-0.15, -0.1) is 0 Å². The van der Waals surface area contributed by atoms with Gasteiger partial charge in [0.15, 0.2) is 16.6 Å². The van der Waals surface area contributed by atoms with Gasteiger partial charge in [-0.3, -0.25) is 0 Å². The van der Waals surface area contributed by atoms with Crippen molar-refractivity contribution in [2.45, 2.75) is 181 Å². The van der Waals surface area contributed by atoms with Gasteiger partial charge in [0.25, 0.3) is 0 Å². The van der Waals surface area contributed by atoms with Crippen LogP contribution in [0.25, 0.3) is 0 Å². The van der Waals surface area contributed by atoms with Crippen molar-refractivity contribution in [2.24, 2.45) is 0 Å². The Bertz CT molecular complexity index is 938. The lowest BCUT2D eigenvalue weighted by atomic mass is 10.2. The van der Waals surface area contributed by atoms with Crippen LogP contribution in [0.1, 0.15) is 41.5 Å². The first kappa shape index (κ1) is 38.4. The molecule has 0 aromatic rings. The maximum absolute atomic E-state index is 7.51. The molecule has 2 rings (SSSR count). The molecule has 0 radical (unpaired) electrons. The minimum absolute atomic E-state index is 0.443. The normalized spacial score (nSPS) is 20.6. The molecular formula is C32H74OSi8. The molecule has 0 aromatic carbocycles. The summed E-state index contributed by atoms with van der Waals surface area (Å²) >= 11 is 0. The Kier molecular flexibility index (Phi) is 10.2. The van der Waals surface area contributed by atoms with E-state index in [4.69, 9.17) is 4.12 Å². The van der Waals surface area contributed by atoms with Gasteiger partial charge in [0.1, 0.15) is 16.1 Å². The fourth-order valence-corrected chi connectivity index (χ4v) is 74.1. The Morgan fingerprint density at radius 1 is 0.415 bits per heavy atom. The van der Waals surface area contributed by atoms with E-state index < -0.39 is 65.1 Å². The SMILES string of the molecule is CC(C)(C)[Si]1(CC[Si](C)(C)O[Si](C)(C)CC[Si]2(C(C)(C)C)C([Si](C)(C)C)=C2[Si](C)(C)C)C([Si](C)(C)C)=C1[Si](C)(C)C. The zero-order valence-electron chi connectivity index (χ0n) is 32.2. The van der Waals surface area contributed by atoms with Crippen LogP contribution in [0.4, 0.5) is 0 Å². The maximum Gasteiger partial charge on any atom is 0.173 e. The Labute approximate surface area is 267 Å². The first-order chi connectivity index (χ1) is 17.6. The van der Waals surface area contributed by atoms with Crippen LogP contribution in [0.5, 0.6) is 0 Å². The van der Waals surface area contributed by atoms with Crippen molar-refractivity contribution in [1.29, 1.82) is 0 Å². The summed E-state index contributed by atoms with van der Waals surface area (Å²) in [5, 5.41) is 0.886. The second kappa shape index (κ2) is 10.9. The maximum atomic E-state index is 7.51. The smallest absolute Gasteiger partial charge is 0.173 e. The molecule has 0 bridgehead atoms. The van der Waals surface area contributed by atoms with E-state index in [0.29, 0.717) is 10.1 Å². The average molecular weight is 700 g/mol. The molecule has 41 heavy (non-hydrogen) atoms. The standard InChI is InChI=1S/C32H74OSi8/c1-31(2,3)40(27(34(7,8)9)28(40)35(10,11)12)25-23-38(19,20)33-39(21,22)24-26-41(32(4,5)6)29(36(13,14)15)30(41)37(16,17)18/h23-26H2,1-22H3. The first-order valence-electron chi connectivity index (χ1n) is 16.8. The van der Waals surface area contributed by atoms with Gasteiger partial charge in [-0.2, -0.15) is 0 Å². The number of rotatable bonds is 12. The lowest BCUT2D eigenvalue weighted by Crippen LogP contribution is -2.49. The van der Waals surface area contributed by atoms with E-state index >= 15 is 0 Å². The molecule has 0 spiro atoms. The molecule has 2 aliphatic heterocycles. The Hall–Kier alpha value is 1.18. The topological polar surface area (TPSA) is 9.23 Å². The van der Waals surface area contributed by atoms with Crippen LogP contribution in [0.3, 0.4) is 0 Å². The Morgan fingerprint density at radius 2 is 0.610 bits per heavy atom. The largest absolute Gasteiger partial charge is 0.456 e. The highest BCUT2D eigenvalue weighted by atomic mass is 28.4. The van der Waals surface area contributed by atoms with Gasteiger partial charge in [-0.25, -0.2) is 0 Å². The van der Waals surface area contributed by atoms with Gasteiger partial charge in [-0.05, 0) is 48.4 Å². The van der Waals surface area contributed by atoms with Crippen molar-refractivity contribution in [3.63, 3.8) is 0 Å². The zero-order chi connectivity index (χ0) is 32.8. The van der Waals surface area contributed by atoms with Crippen molar-refractivity contribution in [1.82, 2.24) is 0 Å². The number of hydrogen-bond acceptors (Lipinski definition) is 1. The molecule has 2 aliphatic rings. The fourth-order valence-electron chi connectivity index (χ4n) is 9.28. The van der Waals surface area contributed by atoms with Crippen molar-refractivity contribution in [2.75, 3.05) is 0 Å². The van der Waals surface area contributed by atoms with Crippen LogP contribution >= 0.6 is 0 Å². The Morgan fingerprint density at radius 3 is 0.756 bits per heavy atom. The third-order valence-electron chi connectivity index (χ3n) is 10.4. The molecule has 2 heterocycles. The molecule has 0 amide bonds. The highest BCUT2D eigenvalue weighted by molar-refractivity contribution is 7.30. The molecule has 0 aromatic heterocycles. The molecule has 0 unspecified atom stereocenters. The summed E-state index contributed by atoms with van der Waals surface area (Å²) in [6.07, 6.45) is 0. The lowest BCUT2D eigenvalue weighted by Gasteiger charge is -2.42. The van der Waals surface area contributed by atoms with E-state index in [2.05, 4.69) is 166 Å². The molecule has 9 heteroatoms. The molecule has 0 fully saturated rings. The lowest BCUT2D eigenvalue weighted by molar-refractivity contribution is 0.540. The summed E-state index contributed by atoms with van der Waals surface area (Å²) in [6.45, 7) is 57.7. The van der Waals surface area contributed by atoms with Crippen molar-refractivity contribution >= 4 is 65.1 Å². The minimum atomic E-state index is -1.77. The predicted molar refractivity (Wildman–Crippen MR) is 214 cm³/mol. The van der Waals surface area contributed by atoms with Gasteiger partial charge in [0.05, 0.1) is 32.3 Å². The van der Waals surface area contributed by atoms with Crippen LogP contribution < -0.4 is 0 Å². The van der Waals surface area contributed by atoms with Crippen LogP contribution in [-0.4, -0.2) is 65.1 Å². The summed E-state index contributed by atoms with van der Waals surface area (Å²) in [5.41, 5.74) is 0. The van der Waals surface area contributed by atoms with E-state index in [1.807, 2.05) is 0 Å². The molecule has 0 saturated heterocycles.